The smallest absolute Gasteiger partial charge is 0.223 e. The maximum absolute atomic E-state index is 11.9. The Bertz CT molecular complexity index is 388. The lowest BCUT2D eigenvalue weighted by Gasteiger charge is -2.17. The van der Waals surface area contributed by atoms with Gasteiger partial charge in [0.05, 0.1) is 0 Å². The molecule has 1 amide bonds. The van der Waals surface area contributed by atoms with E-state index >= 15 is 0 Å². The maximum atomic E-state index is 11.9. The molecule has 0 spiro atoms. The Morgan fingerprint density at radius 1 is 1.47 bits per heavy atom. The van der Waals surface area contributed by atoms with Gasteiger partial charge in [-0.2, -0.15) is 0 Å². The number of aliphatic hydroxyl groups excluding tert-OH is 1. The molecule has 1 atom stereocenters. The number of carbonyl (C=O) groups is 1. The first kappa shape index (κ1) is 14.0. The predicted octanol–water partition coefficient (Wildman–Crippen LogP) is 1.54. The Balaban J connectivity index is 1.77. The molecule has 4 heteroatoms. The highest BCUT2D eigenvalue weighted by molar-refractivity contribution is 5.78. The van der Waals surface area contributed by atoms with Gasteiger partial charge in [-0.1, -0.05) is 18.9 Å². The molecule has 0 bridgehead atoms. The minimum Gasteiger partial charge on any atom is -0.396 e. The SMILES string of the molecule is O=C(NCC(CO)Cc1cccnc1)C1CCCC1. The van der Waals surface area contributed by atoms with Crippen molar-refractivity contribution in [3.8, 4) is 0 Å². The molecule has 4 nitrogen and oxygen atoms in total. The van der Waals surface area contributed by atoms with Crippen LogP contribution < -0.4 is 5.32 Å². The van der Waals surface area contributed by atoms with Crippen LogP contribution in [0.15, 0.2) is 24.5 Å². The average molecular weight is 262 g/mol. The summed E-state index contributed by atoms with van der Waals surface area (Å²) in [7, 11) is 0. The zero-order chi connectivity index (χ0) is 13.5. The molecule has 19 heavy (non-hydrogen) atoms. The van der Waals surface area contributed by atoms with E-state index < -0.39 is 0 Å². The standard InChI is InChI=1S/C15H22N2O2/c18-11-13(8-12-4-3-7-16-9-12)10-17-15(19)14-5-1-2-6-14/h3-4,7,9,13-14,18H,1-2,5-6,8,10-11H2,(H,17,19). The zero-order valence-corrected chi connectivity index (χ0v) is 11.2. The molecule has 2 rings (SSSR count). The molecule has 1 aliphatic carbocycles. The number of rotatable bonds is 6. The Hall–Kier alpha value is -1.42. The summed E-state index contributed by atoms with van der Waals surface area (Å²) in [6.45, 7) is 0.626. The summed E-state index contributed by atoms with van der Waals surface area (Å²) in [6, 6.07) is 3.88. The number of nitrogens with zero attached hydrogens (tertiary/aromatic N) is 1. The number of nitrogens with one attached hydrogen (secondary N) is 1. The number of amides is 1. The summed E-state index contributed by atoms with van der Waals surface area (Å²) in [4.78, 5) is 16.0. The number of carbonyl (C=O) groups excluding carboxylic acids is 1. The monoisotopic (exact) mass is 262 g/mol. The third-order valence-electron chi connectivity index (χ3n) is 3.80. The van der Waals surface area contributed by atoms with Crippen LogP contribution in [0.3, 0.4) is 0 Å². The van der Waals surface area contributed by atoms with Gasteiger partial charge in [0.15, 0.2) is 0 Å². The van der Waals surface area contributed by atoms with Gasteiger partial charge >= 0.3 is 0 Å². The van der Waals surface area contributed by atoms with Crippen molar-refractivity contribution in [1.29, 1.82) is 0 Å². The number of aromatic nitrogens is 1. The van der Waals surface area contributed by atoms with E-state index in [1.807, 2.05) is 12.1 Å². The van der Waals surface area contributed by atoms with Gasteiger partial charge in [0.2, 0.25) is 5.91 Å². The quantitative estimate of drug-likeness (QED) is 0.817. The highest BCUT2D eigenvalue weighted by atomic mass is 16.3. The molecule has 1 fully saturated rings. The van der Waals surface area contributed by atoms with Gasteiger partial charge < -0.3 is 10.4 Å². The molecular formula is C15H22N2O2. The molecular weight excluding hydrogens is 240 g/mol. The van der Waals surface area contributed by atoms with E-state index in [2.05, 4.69) is 10.3 Å². The van der Waals surface area contributed by atoms with Crippen LogP contribution in [0.2, 0.25) is 0 Å². The zero-order valence-electron chi connectivity index (χ0n) is 11.2. The molecule has 0 saturated heterocycles. The molecule has 1 unspecified atom stereocenters. The third kappa shape index (κ3) is 4.31. The van der Waals surface area contributed by atoms with Crippen molar-refractivity contribution in [2.75, 3.05) is 13.2 Å². The van der Waals surface area contributed by atoms with Crippen LogP contribution in [0, 0.1) is 11.8 Å². The second-order valence-electron chi connectivity index (χ2n) is 5.34. The van der Waals surface area contributed by atoms with Crippen molar-refractivity contribution >= 4 is 5.91 Å². The van der Waals surface area contributed by atoms with Gasteiger partial charge in [-0.15, -0.1) is 0 Å². The second kappa shape index (κ2) is 7.24. The van der Waals surface area contributed by atoms with E-state index in [1.165, 1.54) is 0 Å². The molecule has 0 aromatic carbocycles. The fraction of sp³-hybridized carbons (Fsp3) is 0.600. The molecule has 0 aliphatic heterocycles. The minimum absolute atomic E-state index is 0.0644. The average Bonchev–Trinajstić information content (AvgIpc) is 2.98. The van der Waals surface area contributed by atoms with Gasteiger partial charge in [-0.25, -0.2) is 0 Å². The highest BCUT2D eigenvalue weighted by Crippen LogP contribution is 2.24. The maximum Gasteiger partial charge on any atom is 0.223 e. The van der Waals surface area contributed by atoms with E-state index in [4.69, 9.17) is 0 Å². The summed E-state index contributed by atoms with van der Waals surface area (Å²) in [6.07, 6.45) is 8.64. The van der Waals surface area contributed by atoms with Gasteiger partial charge in [-0.05, 0) is 30.9 Å². The molecule has 104 valence electrons. The van der Waals surface area contributed by atoms with Crippen LogP contribution in [-0.4, -0.2) is 29.1 Å². The summed E-state index contributed by atoms with van der Waals surface area (Å²) >= 11 is 0. The summed E-state index contributed by atoms with van der Waals surface area (Å²) in [5.74, 6) is 0.412. The van der Waals surface area contributed by atoms with Crippen molar-refractivity contribution in [1.82, 2.24) is 10.3 Å². The van der Waals surface area contributed by atoms with E-state index in [-0.39, 0.29) is 24.3 Å². The van der Waals surface area contributed by atoms with Gasteiger partial charge in [0.1, 0.15) is 0 Å². The normalized spacial score (nSPS) is 17.3. The fourth-order valence-corrected chi connectivity index (χ4v) is 2.63. The Morgan fingerprint density at radius 2 is 2.26 bits per heavy atom. The topological polar surface area (TPSA) is 62.2 Å². The summed E-state index contributed by atoms with van der Waals surface area (Å²) < 4.78 is 0. The van der Waals surface area contributed by atoms with Crippen LogP contribution >= 0.6 is 0 Å². The lowest BCUT2D eigenvalue weighted by molar-refractivity contribution is -0.125. The van der Waals surface area contributed by atoms with Crippen molar-refractivity contribution in [2.24, 2.45) is 11.8 Å². The lowest BCUT2D eigenvalue weighted by Crippen LogP contribution is -2.35. The molecule has 1 aromatic heterocycles. The summed E-state index contributed by atoms with van der Waals surface area (Å²) in [5, 5.41) is 12.4. The van der Waals surface area contributed by atoms with Crippen LogP contribution in [-0.2, 0) is 11.2 Å². The number of hydrogen-bond acceptors (Lipinski definition) is 3. The Labute approximate surface area is 114 Å². The van der Waals surface area contributed by atoms with Crippen molar-refractivity contribution in [2.45, 2.75) is 32.1 Å². The first-order chi connectivity index (χ1) is 9.29. The largest absolute Gasteiger partial charge is 0.396 e. The molecule has 2 N–H and O–H groups in total. The Morgan fingerprint density at radius 3 is 2.89 bits per heavy atom. The van der Waals surface area contributed by atoms with Gasteiger partial charge in [0.25, 0.3) is 0 Å². The first-order valence-corrected chi connectivity index (χ1v) is 7.07. The lowest BCUT2D eigenvalue weighted by atomic mass is 10.0. The van der Waals surface area contributed by atoms with Crippen molar-refractivity contribution in [3.63, 3.8) is 0 Å². The Kier molecular flexibility index (Phi) is 5.33. The van der Waals surface area contributed by atoms with Crippen LogP contribution in [0.25, 0.3) is 0 Å². The number of pyridine rings is 1. The van der Waals surface area contributed by atoms with Gasteiger partial charge in [0, 0.05) is 37.4 Å². The second-order valence-corrected chi connectivity index (χ2v) is 5.34. The van der Waals surface area contributed by atoms with Crippen molar-refractivity contribution in [3.05, 3.63) is 30.1 Å². The molecule has 1 aromatic rings. The number of aliphatic hydroxyl groups is 1. The fourth-order valence-electron chi connectivity index (χ4n) is 2.63. The summed E-state index contributed by atoms with van der Waals surface area (Å²) in [5.41, 5.74) is 1.09. The molecule has 1 heterocycles. The van der Waals surface area contributed by atoms with Crippen molar-refractivity contribution < 1.29 is 9.90 Å². The van der Waals surface area contributed by atoms with Crippen LogP contribution in [0.5, 0.6) is 0 Å². The molecule has 0 radical (unpaired) electrons. The van der Waals surface area contributed by atoms with Gasteiger partial charge in [-0.3, -0.25) is 9.78 Å². The third-order valence-corrected chi connectivity index (χ3v) is 3.80. The first-order valence-electron chi connectivity index (χ1n) is 7.07. The van der Waals surface area contributed by atoms with Crippen LogP contribution in [0.4, 0.5) is 0 Å². The van der Waals surface area contributed by atoms with E-state index in [1.54, 1.807) is 12.4 Å². The molecule has 1 saturated carbocycles. The van der Waals surface area contributed by atoms with E-state index in [9.17, 15) is 9.90 Å². The number of hydrogen-bond donors (Lipinski definition) is 2. The predicted molar refractivity (Wildman–Crippen MR) is 73.5 cm³/mol. The van der Waals surface area contributed by atoms with Crippen LogP contribution in [0.1, 0.15) is 31.2 Å². The minimum atomic E-state index is 0.0644. The highest BCUT2D eigenvalue weighted by Gasteiger charge is 2.23. The molecule has 1 aliphatic rings. The van der Waals surface area contributed by atoms with E-state index in [0.717, 1.165) is 37.7 Å². The van der Waals surface area contributed by atoms with E-state index in [0.29, 0.717) is 6.54 Å².